The lowest BCUT2D eigenvalue weighted by molar-refractivity contribution is -0.0902. The van der Waals surface area contributed by atoms with Crippen LogP contribution in [0.15, 0.2) is 18.7 Å². The van der Waals surface area contributed by atoms with Gasteiger partial charge in [-0.25, -0.2) is 9.78 Å². The number of imidazole rings is 1. The molecule has 5 rings (SSSR count). The van der Waals surface area contributed by atoms with E-state index in [2.05, 4.69) is 4.98 Å². The van der Waals surface area contributed by atoms with Crippen molar-refractivity contribution in [2.45, 2.75) is 38.5 Å². The number of carbonyl (C=O) groups is 1. The van der Waals surface area contributed by atoms with Gasteiger partial charge in [-0.05, 0) is 56.3 Å². The SMILES string of the molecule is O=C(OCC12CC3CC(CC(C3)C1)C2)On1ccnc1. The molecule has 4 fully saturated rings. The van der Waals surface area contributed by atoms with E-state index in [-0.39, 0.29) is 5.41 Å². The molecule has 0 aromatic carbocycles. The summed E-state index contributed by atoms with van der Waals surface area (Å²) in [4.78, 5) is 20.5. The summed E-state index contributed by atoms with van der Waals surface area (Å²) in [5.74, 6) is 2.61. The van der Waals surface area contributed by atoms with Crippen molar-refractivity contribution in [1.82, 2.24) is 9.71 Å². The molecule has 108 valence electrons. The van der Waals surface area contributed by atoms with Crippen molar-refractivity contribution < 1.29 is 14.4 Å². The predicted octanol–water partition coefficient (Wildman–Crippen LogP) is 2.66. The summed E-state index contributed by atoms with van der Waals surface area (Å²) in [5.41, 5.74) is 0.239. The van der Waals surface area contributed by atoms with Gasteiger partial charge in [-0.1, -0.05) is 0 Å². The quantitative estimate of drug-likeness (QED) is 0.796. The summed E-state index contributed by atoms with van der Waals surface area (Å²) >= 11 is 0. The number of nitrogens with zero attached hydrogens (tertiary/aromatic N) is 2. The van der Waals surface area contributed by atoms with Crippen molar-refractivity contribution in [2.75, 3.05) is 6.61 Å². The van der Waals surface area contributed by atoms with Crippen LogP contribution < -0.4 is 4.84 Å². The van der Waals surface area contributed by atoms with Crippen LogP contribution in [0.3, 0.4) is 0 Å². The Morgan fingerprint density at radius 1 is 1.20 bits per heavy atom. The third-order valence-electron chi connectivity index (χ3n) is 5.32. The minimum Gasteiger partial charge on any atom is -0.432 e. The van der Waals surface area contributed by atoms with Gasteiger partial charge in [-0.2, -0.15) is 4.73 Å². The second kappa shape index (κ2) is 4.50. The zero-order valence-corrected chi connectivity index (χ0v) is 11.5. The van der Waals surface area contributed by atoms with Crippen LogP contribution in [0.25, 0.3) is 0 Å². The van der Waals surface area contributed by atoms with Crippen LogP contribution in [-0.4, -0.2) is 22.5 Å². The minimum absolute atomic E-state index is 0.239. The molecule has 0 spiro atoms. The lowest BCUT2D eigenvalue weighted by Gasteiger charge is -2.56. The van der Waals surface area contributed by atoms with Crippen LogP contribution in [0.4, 0.5) is 4.79 Å². The maximum absolute atomic E-state index is 11.7. The monoisotopic (exact) mass is 276 g/mol. The zero-order chi connectivity index (χ0) is 13.6. The third-order valence-corrected chi connectivity index (χ3v) is 5.32. The van der Waals surface area contributed by atoms with Gasteiger partial charge in [0.1, 0.15) is 12.9 Å². The Kier molecular flexibility index (Phi) is 2.75. The first-order valence-corrected chi connectivity index (χ1v) is 7.54. The maximum atomic E-state index is 11.7. The minimum atomic E-state index is -0.626. The molecule has 1 heterocycles. The van der Waals surface area contributed by atoms with Crippen LogP contribution in [0.2, 0.25) is 0 Å². The Bertz CT molecular complexity index is 462. The molecule has 1 aromatic heterocycles. The molecule has 0 saturated heterocycles. The van der Waals surface area contributed by atoms with E-state index in [1.54, 1.807) is 12.4 Å². The summed E-state index contributed by atoms with van der Waals surface area (Å²) in [7, 11) is 0. The number of carbonyl (C=O) groups excluding carboxylic acids is 1. The first-order valence-electron chi connectivity index (χ1n) is 7.54. The zero-order valence-electron chi connectivity index (χ0n) is 11.5. The molecule has 0 unspecified atom stereocenters. The fourth-order valence-electron chi connectivity index (χ4n) is 5.09. The summed E-state index contributed by atoms with van der Waals surface area (Å²) < 4.78 is 6.66. The molecule has 5 nitrogen and oxygen atoms in total. The predicted molar refractivity (Wildman–Crippen MR) is 70.8 cm³/mol. The first-order chi connectivity index (χ1) is 9.71. The van der Waals surface area contributed by atoms with Crippen LogP contribution in [-0.2, 0) is 4.74 Å². The van der Waals surface area contributed by atoms with Crippen LogP contribution in [0.1, 0.15) is 38.5 Å². The van der Waals surface area contributed by atoms with E-state index in [0.717, 1.165) is 17.8 Å². The first kappa shape index (κ1) is 12.2. The molecule has 0 N–H and O–H groups in total. The van der Waals surface area contributed by atoms with Crippen molar-refractivity contribution in [3.63, 3.8) is 0 Å². The highest BCUT2D eigenvalue weighted by atomic mass is 16.8. The normalized spacial score (nSPS) is 37.9. The molecular formula is C15H20N2O3. The highest BCUT2D eigenvalue weighted by molar-refractivity contribution is 5.60. The van der Waals surface area contributed by atoms with Gasteiger partial charge in [0, 0.05) is 11.6 Å². The second-order valence-electron chi connectivity index (χ2n) is 6.97. The number of rotatable bonds is 3. The molecule has 4 bridgehead atoms. The summed E-state index contributed by atoms with van der Waals surface area (Å²) in [6, 6.07) is 0. The van der Waals surface area contributed by atoms with E-state index in [1.807, 2.05) is 0 Å². The Morgan fingerprint density at radius 3 is 2.40 bits per heavy atom. The van der Waals surface area contributed by atoms with Crippen LogP contribution in [0, 0.1) is 23.2 Å². The number of hydrogen-bond acceptors (Lipinski definition) is 4. The highest BCUT2D eigenvalue weighted by Crippen LogP contribution is 2.60. The maximum Gasteiger partial charge on any atom is 0.533 e. The fraction of sp³-hybridized carbons (Fsp3) is 0.733. The standard InChI is InChI=1S/C15H20N2O3/c18-14(20-17-2-1-16-10-17)19-9-15-6-11-3-12(7-15)5-13(4-11)8-15/h1-2,10-13H,3-9H2. The lowest BCUT2D eigenvalue weighted by Crippen LogP contribution is -2.48. The molecule has 1 aromatic rings. The van der Waals surface area contributed by atoms with Crippen molar-refractivity contribution in [2.24, 2.45) is 23.2 Å². The van der Waals surface area contributed by atoms with Gasteiger partial charge in [-0.15, -0.1) is 0 Å². The van der Waals surface area contributed by atoms with Crippen molar-refractivity contribution in [3.05, 3.63) is 18.7 Å². The second-order valence-corrected chi connectivity index (χ2v) is 6.97. The molecule has 4 aliphatic rings. The Hall–Kier alpha value is -1.52. The Balaban J connectivity index is 1.36. The molecule has 4 saturated carbocycles. The van der Waals surface area contributed by atoms with Crippen molar-refractivity contribution in [1.29, 1.82) is 0 Å². The molecule has 20 heavy (non-hydrogen) atoms. The molecule has 4 aliphatic carbocycles. The Labute approximate surface area is 118 Å². The van der Waals surface area contributed by atoms with E-state index in [4.69, 9.17) is 9.57 Å². The van der Waals surface area contributed by atoms with Gasteiger partial charge < -0.3 is 9.57 Å². The highest BCUT2D eigenvalue weighted by Gasteiger charge is 2.51. The van der Waals surface area contributed by atoms with Crippen LogP contribution >= 0.6 is 0 Å². The molecule has 5 heteroatoms. The lowest BCUT2D eigenvalue weighted by atomic mass is 9.50. The average Bonchev–Trinajstić information content (AvgIpc) is 2.88. The van der Waals surface area contributed by atoms with Crippen molar-refractivity contribution >= 4 is 6.16 Å². The van der Waals surface area contributed by atoms with E-state index >= 15 is 0 Å². The Morgan fingerprint density at radius 2 is 1.85 bits per heavy atom. The fourth-order valence-corrected chi connectivity index (χ4v) is 5.09. The van der Waals surface area contributed by atoms with Crippen molar-refractivity contribution in [3.8, 4) is 0 Å². The van der Waals surface area contributed by atoms with E-state index in [1.165, 1.54) is 49.6 Å². The third kappa shape index (κ3) is 2.19. The summed E-state index contributed by atoms with van der Waals surface area (Å²) in [6.45, 7) is 0.518. The number of ether oxygens (including phenoxy) is 1. The molecule has 0 aliphatic heterocycles. The molecule has 0 radical (unpaired) electrons. The number of aromatic nitrogens is 2. The van der Waals surface area contributed by atoms with E-state index < -0.39 is 6.16 Å². The van der Waals surface area contributed by atoms with Crippen LogP contribution in [0.5, 0.6) is 0 Å². The van der Waals surface area contributed by atoms with E-state index in [0.29, 0.717) is 6.61 Å². The van der Waals surface area contributed by atoms with Gasteiger partial charge in [0.25, 0.3) is 0 Å². The number of hydrogen-bond donors (Lipinski definition) is 0. The molecule has 0 atom stereocenters. The van der Waals surface area contributed by atoms with Gasteiger partial charge in [0.2, 0.25) is 0 Å². The van der Waals surface area contributed by atoms with Gasteiger partial charge in [0.15, 0.2) is 0 Å². The smallest absolute Gasteiger partial charge is 0.432 e. The summed E-state index contributed by atoms with van der Waals surface area (Å²) in [6.07, 6.45) is 11.9. The van der Waals surface area contributed by atoms with Gasteiger partial charge in [-0.3, -0.25) is 0 Å². The van der Waals surface area contributed by atoms with Gasteiger partial charge >= 0.3 is 6.16 Å². The molecular weight excluding hydrogens is 256 g/mol. The van der Waals surface area contributed by atoms with E-state index in [9.17, 15) is 4.79 Å². The topological polar surface area (TPSA) is 53.4 Å². The largest absolute Gasteiger partial charge is 0.533 e. The average molecular weight is 276 g/mol. The summed E-state index contributed by atoms with van der Waals surface area (Å²) in [5, 5.41) is 0. The van der Waals surface area contributed by atoms with Gasteiger partial charge in [0.05, 0.1) is 6.20 Å². The molecule has 0 amide bonds.